The van der Waals surface area contributed by atoms with Gasteiger partial charge in [0, 0.05) is 0 Å². The highest BCUT2D eigenvalue weighted by molar-refractivity contribution is 5.70. The average molecular weight is 384 g/mol. The van der Waals surface area contributed by atoms with Gasteiger partial charge >= 0.3 is 12.2 Å². The number of hydrogen-bond donors (Lipinski definition) is 3. The minimum atomic E-state index is -1.16. The predicted octanol–water partition coefficient (Wildman–Crippen LogP) is 4.51. The van der Waals surface area contributed by atoms with Gasteiger partial charge in [-0.25, -0.2) is 9.59 Å². The van der Waals surface area contributed by atoms with Crippen molar-refractivity contribution in [2.24, 2.45) is 5.41 Å². The number of rotatable bonds is 6. The summed E-state index contributed by atoms with van der Waals surface area (Å²) in [5, 5.41) is 14.8. The van der Waals surface area contributed by atoms with Crippen LogP contribution in [0.25, 0.3) is 0 Å². The number of benzene rings is 2. The Labute approximate surface area is 165 Å². The van der Waals surface area contributed by atoms with Crippen molar-refractivity contribution in [2.75, 3.05) is 0 Å². The van der Waals surface area contributed by atoms with Crippen LogP contribution >= 0.6 is 0 Å². The van der Waals surface area contributed by atoms with Crippen LogP contribution in [0.3, 0.4) is 0 Å². The van der Waals surface area contributed by atoms with Gasteiger partial charge in [0.05, 0.1) is 11.6 Å². The summed E-state index contributed by atoms with van der Waals surface area (Å²) in [5.74, 6) is 0. The van der Waals surface area contributed by atoms with Crippen LogP contribution in [0.1, 0.15) is 38.8 Å². The highest BCUT2D eigenvalue weighted by Crippen LogP contribution is 2.42. The van der Waals surface area contributed by atoms with Gasteiger partial charge in [0.25, 0.3) is 0 Å². The molecule has 0 aliphatic heterocycles. The Kier molecular flexibility index (Phi) is 6.67. The first-order chi connectivity index (χ1) is 13.2. The van der Waals surface area contributed by atoms with Gasteiger partial charge in [-0.3, -0.25) is 0 Å². The third kappa shape index (κ3) is 4.82. The molecule has 0 aliphatic carbocycles. The van der Waals surface area contributed by atoms with E-state index in [1.165, 1.54) is 0 Å². The number of carboxylic acid groups (broad SMARTS) is 1. The largest absolute Gasteiger partial charge is 0.465 e. The maximum atomic E-state index is 12.7. The molecule has 0 radical (unpaired) electrons. The van der Waals surface area contributed by atoms with Crippen molar-refractivity contribution in [1.82, 2.24) is 10.6 Å². The second-order valence-corrected chi connectivity index (χ2v) is 7.78. The van der Waals surface area contributed by atoms with Crippen molar-refractivity contribution >= 4 is 12.2 Å². The Morgan fingerprint density at radius 2 is 1.54 bits per heavy atom. The van der Waals surface area contributed by atoms with E-state index in [-0.39, 0.29) is 6.61 Å². The van der Waals surface area contributed by atoms with Crippen LogP contribution < -0.4 is 10.6 Å². The fraction of sp³-hybridized carbons (Fsp3) is 0.364. The maximum Gasteiger partial charge on any atom is 0.408 e. The zero-order chi connectivity index (χ0) is 20.8. The van der Waals surface area contributed by atoms with Gasteiger partial charge in [-0.05, 0) is 23.5 Å². The van der Waals surface area contributed by atoms with E-state index in [0.717, 1.165) is 11.1 Å². The monoisotopic (exact) mass is 384 g/mol. The molecule has 2 amide bonds. The molecule has 0 aliphatic rings. The van der Waals surface area contributed by atoms with Gasteiger partial charge in [0.15, 0.2) is 0 Å². The summed E-state index contributed by atoms with van der Waals surface area (Å²) >= 11 is 0. The summed E-state index contributed by atoms with van der Waals surface area (Å²) in [6.45, 7) is 7.73. The number of hydrogen-bond acceptors (Lipinski definition) is 3. The molecule has 28 heavy (non-hydrogen) atoms. The molecular weight excluding hydrogens is 356 g/mol. The second-order valence-electron chi connectivity index (χ2n) is 7.78. The lowest BCUT2D eigenvalue weighted by Gasteiger charge is -2.49. The lowest BCUT2D eigenvalue weighted by Crippen LogP contribution is -2.65. The van der Waals surface area contributed by atoms with E-state index in [1.807, 2.05) is 81.4 Å². The lowest BCUT2D eigenvalue weighted by molar-refractivity contribution is 0.0673. The Morgan fingerprint density at radius 1 is 1.00 bits per heavy atom. The molecule has 6 nitrogen and oxygen atoms in total. The summed E-state index contributed by atoms with van der Waals surface area (Å²) in [4.78, 5) is 24.1. The van der Waals surface area contributed by atoms with E-state index >= 15 is 0 Å². The first kappa shape index (κ1) is 21.3. The summed E-state index contributed by atoms with van der Waals surface area (Å²) < 4.78 is 5.43. The smallest absolute Gasteiger partial charge is 0.408 e. The Bertz CT molecular complexity index is 787. The van der Waals surface area contributed by atoms with Crippen LogP contribution in [0.5, 0.6) is 0 Å². The van der Waals surface area contributed by atoms with Crippen LogP contribution in [-0.4, -0.2) is 23.3 Å². The molecule has 150 valence electrons. The van der Waals surface area contributed by atoms with Crippen molar-refractivity contribution in [3.8, 4) is 0 Å². The van der Waals surface area contributed by atoms with Crippen molar-refractivity contribution in [1.29, 1.82) is 0 Å². The van der Waals surface area contributed by atoms with Crippen LogP contribution in [0.2, 0.25) is 0 Å². The van der Waals surface area contributed by atoms with Crippen LogP contribution in [0.4, 0.5) is 9.59 Å². The molecule has 0 saturated heterocycles. The molecule has 2 aromatic carbocycles. The van der Waals surface area contributed by atoms with E-state index < -0.39 is 29.2 Å². The van der Waals surface area contributed by atoms with Gasteiger partial charge in [-0.15, -0.1) is 0 Å². The molecule has 0 heterocycles. The average Bonchev–Trinajstić information content (AvgIpc) is 2.64. The molecule has 0 fully saturated rings. The fourth-order valence-corrected chi connectivity index (χ4v) is 3.62. The summed E-state index contributed by atoms with van der Waals surface area (Å²) in [6.07, 6.45) is -1.77. The van der Waals surface area contributed by atoms with Crippen molar-refractivity contribution in [3.05, 3.63) is 71.8 Å². The number of ether oxygens (including phenoxy) is 1. The number of carbonyl (C=O) groups excluding carboxylic acids is 1. The summed E-state index contributed by atoms with van der Waals surface area (Å²) in [5.41, 5.74) is 0.110. The molecule has 2 aromatic rings. The molecular formula is C22H28N2O4. The zero-order valence-electron chi connectivity index (χ0n) is 16.7. The predicted molar refractivity (Wildman–Crippen MR) is 108 cm³/mol. The van der Waals surface area contributed by atoms with Crippen molar-refractivity contribution in [3.63, 3.8) is 0 Å². The lowest BCUT2D eigenvalue weighted by atomic mass is 9.65. The normalized spacial score (nSPS) is 14.4. The molecule has 0 spiro atoms. The Balaban J connectivity index is 2.36. The molecule has 2 rings (SSSR count). The fourth-order valence-electron chi connectivity index (χ4n) is 3.62. The molecule has 3 N–H and O–H groups in total. The van der Waals surface area contributed by atoms with Crippen LogP contribution in [0.15, 0.2) is 60.7 Å². The van der Waals surface area contributed by atoms with E-state index in [1.54, 1.807) is 6.92 Å². The molecule has 0 aromatic heterocycles. The quantitative estimate of drug-likeness (QED) is 0.684. The highest BCUT2D eigenvalue weighted by atomic mass is 16.5. The molecule has 0 saturated carbocycles. The van der Waals surface area contributed by atoms with Gasteiger partial charge in [-0.1, -0.05) is 81.4 Å². The van der Waals surface area contributed by atoms with Crippen molar-refractivity contribution in [2.45, 2.75) is 45.9 Å². The second kappa shape index (κ2) is 8.78. The summed E-state index contributed by atoms with van der Waals surface area (Å²) in [7, 11) is 0. The van der Waals surface area contributed by atoms with Crippen LogP contribution in [0, 0.1) is 5.41 Å². The molecule has 6 heteroatoms. The topological polar surface area (TPSA) is 87.7 Å². The maximum absolute atomic E-state index is 12.7. The summed E-state index contributed by atoms with van der Waals surface area (Å²) in [6, 6.07) is 18.1. The first-order valence-electron chi connectivity index (χ1n) is 9.20. The number of carbonyl (C=O) groups is 2. The Hall–Kier alpha value is -3.02. The van der Waals surface area contributed by atoms with E-state index in [2.05, 4.69) is 10.6 Å². The molecule has 2 atom stereocenters. The minimum Gasteiger partial charge on any atom is -0.465 e. The Morgan fingerprint density at radius 3 is 2.04 bits per heavy atom. The SMILES string of the molecule is C[C@@H](NC(=O)O)C(NC(=O)OCc1ccccc1)(c1ccccc1)C(C)(C)C. The number of nitrogens with one attached hydrogen (secondary N) is 2. The number of amides is 2. The van der Waals surface area contributed by atoms with E-state index in [0.29, 0.717) is 0 Å². The standard InChI is InChI=1S/C22H28N2O4/c1-16(23-19(25)26)22(21(2,3)4,18-13-9-6-10-14-18)24-20(27)28-15-17-11-7-5-8-12-17/h5-14,16,23H,15H2,1-4H3,(H,24,27)(H,25,26)/t16-,22?/m1/s1. The molecule has 1 unspecified atom stereocenters. The highest BCUT2D eigenvalue weighted by Gasteiger charge is 2.50. The third-order valence-corrected chi connectivity index (χ3v) is 4.91. The first-order valence-corrected chi connectivity index (χ1v) is 9.20. The third-order valence-electron chi connectivity index (χ3n) is 4.91. The zero-order valence-corrected chi connectivity index (χ0v) is 16.7. The van der Waals surface area contributed by atoms with Gasteiger partial charge in [0.1, 0.15) is 6.61 Å². The van der Waals surface area contributed by atoms with Gasteiger partial charge in [-0.2, -0.15) is 0 Å². The van der Waals surface area contributed by atoms with Crippen molar-refractivity contribution < 1.29 is 19.4 Å². The number of alkyl carbamates (subject to hydrolysis) is 1. The van der Waals surface area contributed by atoms with Gasteiger partial charge < -0.3 is 20.5 Å². The van der Waals surface area contributed by atoms with E-state index in [9.17, 15) is 14.7 Å². The molecule has 0 bridgehead atoms. The van der Waals surface area contributed by atoms with E-state index in [4.69, 9.17) is 4.74 Å². The minimum absolute atomic E-state index is 0.127. The van der Waals surface area contributed by atoms with Crippen LogP contribution in [-0.2, 0) is 16.9 Å². The van der Waals surface area contributed by atoms with Gasteiger partial charge in [0.2, 0.25) is 0 Å².